The van der Waals surface area contributed by atoms with Crippen molar-refractivity contribution in [2.45, 2.75) is 44.6 Å². The van der Waals surface area contributed by atoms with E-state index in [0.29, 0.717) is 24.3 Å². The third kappa shape index (κ3) is 1.75. The summed E-state index contributed by atoms with van der Waals surface area (Å²) in [5, 5.41) is 18.9. The SMILES string of the molecule is CC1(C(=O)O)CCCN1c1nc2c(cc1C#N)CCC2. The molecule has 0 radical (unpaired) electrons. The summed E-state index contributed by atoms with van der Waals surface area (Å²) in [7, 11) is 0. The third-order valence-corrected chi connectivity index (χ3v) is 4.51. The van der Waals surface area contributed by atoms with Crippen LogP contribution in [0.5, 0.6) is 0 Å². The Balaban J connectivity index is 2.10. The maximum Gasteiger partial charge on any atom is 0.329 e. The molecule has 104 valence electrons. The van der Waals surface area contributed by atoms with Crippen molar-refractivity contribution < 1.29 is 9.90 Å². The minimum absolute atomic E-state index is 0.500. The van der Waals surface area contributed by atoms with Crippen molar-refractivity contribution in [2.75, 3.05) is 11.4 Å². The van der Waals surface area contributed by atoms with Crippen molar-refractivity contribution in [2.24, 2.45) is 0 Å². The Morgan fingerprint density at radius 3 is 3.00 bits per heavy atom. The fourth-order valence-corrected chi connectivity index (χ4v) is 3.27. The average Bonchev–Trinajstić information content (AvgIpc) is 3.03. The molecule has 0 spiro atoms. The zero-order valence-electron chi connectivity index (χ0n) is 11.5. The topological polar surface area (TPSA) is 77.2 Å². The lowest BCUT2D eigenvalue weighted by atomic mass is 9.98. The van der Waals surface area contributed by atoms with Gasteiger partial charge in [-0.25, -0.2) is 9.78 Å². The molecule has 1 aliphatic carbocycles. The number of nitrogens with zero attached hydrogens (tertiary/aromatic N) is 3. The molecule has 2 heterocycles. The number of fused-ring (bicyclic) bond motifs is 1. The van der Waals surface area contributed by atoms with E-state index in [9.17, 15) is 15.2 Å². The van der Waals surface area contributed by atoms with E-state index in [2.05, 4.69) is 11.1 Å². The summed E-state index contributed by atoms with van der Waals surface area (Å²) in [4.78, 5) is 18.0. The van der Waals surface area contributed by atoms with Crippen molar-refractivity contribution in [1.82, 2.24) is 4.98 Å². The largest absolute Gasteiger partial charge is 0.480 e. The van der Waals surface area contributed by atoms with Gasteiger partial charge in [0.15, 0.2) is 0 Å². The first-order valence-electron chi connectivity index (χ1n) is 7.00. The van der Waals surface area contributed by atoms with Crippen LogP contribution in [0.2, 0.25) is 0 Å². The van der Waals surface area contributed by atoms with Gasteiger partial charge in [0.05, 0.1) is 5.56 Å². The molecule has 5 heteroatoms. The molecular formula is C15H17N3O2. The second kappa shape index (κ2) is 4.48. The normalized spacial score (nSPS) is 24.5. The quantitative estimate of drug-likeness (QED) is 0.888. The molecule has 1 unspecified atom stereocenters. The predicted octanol–water partition coefficient (Wildman–Crippen LogP) is 1.89. The molecular weight excluding hydrogens is 254 g/mol. The first-order chi connectivity index (χ1) is 9.56. The van der Waals surface area contributed by atoms with E-state index in [-0.39, 0.29) is 0 Å². The van der Waals surface area contributed by atoms with E-state index in [1.54, 1.807) is 11.8 Å². The van der Waals surface area contributed by atoms with Gasteiger partial charge in [-0.15, -0.1) is 0 Å². The summed E-state index contributed by atoms with van der Waals surface area (Å²) in [5.41, 5.74) is 1.71. The number of hydrogen-bond donors (Lipinski definition) is 1. The molecule has 1 saturated heterocycles. The lowest BCUT2D eigenvalue weighted by molar-refractivity contribution is -0.142. The van der Waals surface area contributed by atoms with Crippen LogP contribution in [0.15, 0.2) is 6.07 Å². The minimum Gasteiger partial charge on any atom is -0.480 e. The van der Waals surface area contributed by atoms with Gasteiger partial charge >= 0.3 is 5.97 Å². The second-order valence-corrected chi connectivity index (χ2v) is 5.76. The number of nitriles is 1. The molecule has 1 atom stereocenters. The van der Waals surface area contributed by atoms with Gasteiger partial charge in [-0.3, -0.25) is 0 Å². The van der Waals surface area contributed by atoms with Gasteiger partial charge in [0.2, 0.25) is 0 Å². The monoisotopic (exact) mass is 271 g/mol. The Kier molecular flexibility index (Phi) is 2.89. The third-order valence-electron chi connectivity index (χ3n) is 4.51. The summed E-state index contributed by atoms with van der Waals surface area (Å²) in [6.07, 6.45) is 4.35. The standard InChI is InChI=1S/C15H17N3O2/c1-15(14(19)20)6-3-7-18(15)13-11(9-16)8-10-4-2-5-12(10)17-13/h8H,2-7H2,1H3,(H,19,20). The zero-order valence-corrected chi connectivity index (χ0v) is 11.5. The molecule has 0 aromatic carbocycles. The van der Waals surface area contributed by atoms with Crippen LogP contribution in [0.4, 0.5) is 5.82 Å². The van der Waals surface area contributed by atoms with E-state index < -0.39 is 11.5 Å². The van der Waals surface area contributed by atoms with E-state index in [1.807, 2.05) is 6.07 Å². The van der Waals surface area contributed by atoms with Crippen LogP contribution < -0.4 is 4.90 Å². The van der Waals surface area contributed by atoms with E-state index >= 15 is 0 Å². The van der Waals surface area contributed by atoms with Gasteiger partial charge in [-0.05, 0) is 50.7 Å². The van der Waals surface area contributed by atoms with Crippen molar-refractivity contribution in [3.05, 3.63) is 22.9 Å². The van der Waals surface area contributed by atoms with Gasteiger partial charge < -0.3 is 10.0 Å². The van der Waals surface area contributed by atoms with E-state index in [0.717, 1.165) is 36.9 Å². The number of anilines is 1. The number of aliphatic carboxylic acids is 1. The van der Waals surface area contributed by atoms with E-state index in [4.69, 9.17) is 0 Å². The average molecular weight is 271 g/mol. The summed E-state index contributed by atoms with van der Waals surface area (Å²) in [6.45, 7) is 2.36. The summed E-state index contributed by atoms with van der Waals surface area (Å²) in [5.74, 6) is -0.295. The van der Waals surface area contributed by atoms with Gasteiger partial charge in [0.1, 0.15) is 17.4 Å². The molecule has 1 N–H and O–H groups in total. The van der Waals surface area contributed by atoms with Gasteiger partial charge in [-0.1, -0.05) is 0 Å². The Morgan fingerprint density at radius 2 is 2.30 bits per heavy atom. The molecule has 1 aromatic heterocycles. The lowest BCUT2D eigenvalue weighted by Gasteiger charge is -2.33. The lowest BCUT2D eigenvalue weighted by Crippen LogP contribution is -2.48. The molecule has 20 heavy (non-hydrogen) atoms. The first kappa shape index (κ1) is 12.9. The fourth-order valence-electron chi connectivity index (χ4n) is 3.27. The highest BCUT2D eigenvalue weighted by molar-refractivity contribution is 5.84. The number of rotatable bonds is 2. The van der Waals surface area contributed by atoms with Crippen LogP contribution in [0.25, 0.3) is 0 Å². The van der Waals surface area contributed by atoms with Crippen molar-refractivity contribution in [1.29, 1.82) is 5.26 Å². The highest BCUT2D eigenvalue weighted by atomic mass is 16.4. The first-order valence-corrected chi connectivity index (χ1v) is 7.00. The Bertz CT molecular complexity index is 620. The van der Waals surface area contributed by atoms with Crippen LogP contribution in [0, 0.1) is 11.3 Å². The van der Waals surface area contributed by atoms with Gasteiger partial charge in [0.25, 0.3) is 0 Å². The molecule has 1 fully saturated rings. The maximum atomic E-state index is 11.6. The predicted molar refractivity (Wildman–Crippen MR) is 73.6 cm³/mol. The molecule has 2 aliphatic rings. The Hall–Kier alpha value is -2.09. The molecule has 0 saturated carbocycles. The van der Waals surface area contributed by atoms with Crippen LogP contribution in [-0.2, 0) is 17.6 Å². The Labute approximate surface area is 117 Å². The minimum atomic E-state index is -0.953. The van der Waals surface area contributed by atoms with Gasteiger partial charge in [-0.2, -0.15) is 5.26 Å². The smallest absolute Gasteiger partial charge is 0.329 e. The number of carboxylic acid groups (broad SMARTS) is 1. The van der Waals surface area contributed by atoms with Crippen LogP contribution in [0.3, 0.4) is 0 Å². The zero-order chi connectivity index (χ0) is 14.3. The molecule has 5 nitrogen and oxygen atoms in total. The number of pyridine rings is 1. The highest BCUT2D eigenvalue weighted by Crippen LogP contribution is 2.36. The van der Waals surface area contributed by atoms with Crippen LogP contribution in [0.1, 0.15) is 43.0 Å². The molecule has 0 amide bonds. The van der Waals surface area contributed by atoms with Gasteiger partial charge in [0, 0.05) is 12.2 Å². The summed E-state index contributed by atoms with van der Waals surface area (Å²) in [6, 6.07) is 4.08. The van der Waals surface area contributed by atoms with Crippen molar-refractivity contribution in [3.8, 4) is 6.07 Å². The van der Waals surface area contributed by atoms with Crippen LogP contribution >= 0.6 is 0 Å². The number of carbonyl (C=O) groups is 1. The Morgan fingerprint density at radius 1 is 1.50 bits per heavy atom. The summed E-state index contributed by atoms with van der Waals surface area (Å²) >= 11 is 0. The second-order valence-electron chi connectivity index (χ2n) is 5.76. The number of aromatic nitrogens is 1. The molecule has 1 aromatic rings. The summed E-state index contributed by atoms with van der Waals surface area (Å²) < 4.78 is 0. The number of hydrogen-bond acceptors (Lipinski definition) is 4. The van der Waals surface area contributed by atoms with Crippen molar-refractivity contribution in [3.63, 3.8) is 0 Å². The number of aryl methyl sites for hydroxylation is 2. The van der Waals surface area contributed by atoms with E-state index in [1.165, 1.54) is 0 Å². The van der Waals surface area contributed by atoms with Crippen molar-refractivity contribution >= 4 is 11.8 Å². The molecule has 3 rings (SSSR count). The maximum absolute atomic E-state index is 11.6. The fraction of sp³-hybridized carbons (Fsp3) is 0.533. The molecule has 1 aliphatic heterocycles. The highest BCUT2D eigenvalue weighted by Gasteiger charge is 2.45. The number of carboxylic acids is 1. The molecule has 0 bridgehead atoms. The van der Waals surface area contributed by atoms with Crippen LogP contribution in [-0.4, -0.2) is 28.1 Å².